The number of likely N-dealkylation sites (N-methyl/N-ethyl adjacent to an activating group) is 1. The molecular weight excluding hydrogens is 210 g/mol. The van der Waals surface area contributed by atoms with E-state index in [1.54, 1.807) is 0 Å². The molecule has 15 heavy (non-hydrogen) atoms. The zero-order chi connectivity index (χ0) is 10.8. The van der Waals surface area contributed by atoms with E-state index in [2.05, 4.69) is 22.0 Å². The lowest BCUT2D eigenvalue weighted by Gasteiger charge is -2.22. The van der Waals surface area contributed by atoms with Gasteiger partial charge in [-0.3, -0.25) is 9.47 Å². The van der Waals surface area contributed by atoms with Gasteiger partial charge in [0, 0.05) is 12.6 Å². The van der Waals surface area contributed by atoms with Crippen molar-refractivity contribution in [2.45, 2.75) is 32.4 Å². The Hall–Kier alpha value is -0.880. The summed E-state index contributed by atoms with van der Waals surface area (Å²) in [7, 11) is 0. The number of anilines is 1. The van der Waals surface area contributed by atoms with Gasteiger partial charge >= 0.3 is 0 Å². The second-order valence-electron chi connectivity index (χ2n) is 3.92. The summed E-state index contributed by atoms with van der Waals surface area (Å²) in [5.41, 5.74) is 5.74. The van der Waals surface area contributed by atoms with Crippen molar-refractivity contribution in [2.24, 2.45) is 0 Å². The topological polar surface area (TPSA) is 62.9 Å². The number of nitrogen functional groups attached to an aromatic ring is 1. The molecule has 84 valence electrons. The molecule has 0 bridgehead atoms. The number of aromatic amines is 1. The quantitative estimate of drug-likeness (QED) is 0.756. The fraction of sp³-hybridized carbons (Fsp3) is 0.778. The number of rotatable bonds is 3. The molecule has 0 radical (unpaired) electrons. The molecule has 1 unspecified atom stereocenters. The molecule has 2 heterocycles. The maximum atomic E-state index is 5.74. The van der Waals surface area contributed by atoms with Gasteiger partial charge < -0.3 is 5.73 Å². The van der Waals surface area contributed by atoms with Crippen molar-refractivity contribution in [1.29, 1.82) is 0 Å². The second kappa shape index (κ2) is 4.32. The molecule has 1 aromatic heterocycles. The van der Waals surface area contributed by atoms with Gasteiger partial charge in [-0.1, -0.05) is 6.92 Å². The van der Waals surface area contributed by atoms with Crippen LogP contribution in [0.5, 0.6) is 0 Å². The van der Waals surface area contributed by atoms with Crippen LogP contribution < -0.4 is 5.73 Å². The molecule has 1 atom stereocenters. The maximum absolute atomic E-state index is 5.74. The number of hydrogen-bond acceptors (Lipinski definition) is 4. The van der Waals surface area contributed by atoms with E-state index in [4.69, 9.17) is 18.0 Å². The van der Waals surface area contributed by atoms with Gasteiger partial charge in [-0.25, -0.2) is 5.10 Å². The SMILES string of the molecule is CCN1CCCC1Cn1c(N)n[nH]c1=S. The fourth-order valence-electron chi connectivity index (χ4n) is 2.24. The van der Waals surface area contributed by atoms with Crippen molar-refractivity contribution in [3.05, 3.63) is 4.77 Å². The van der Waals surface area contributed by atoms with Crippen LogP contribution in [0.4, 0.5) is 5.95 Å². The third-order valence-electron chi connectivity index (χ3n) is 3.09. The van der Waals surface area contributed by atoms with Gasteiger partial charge in [0.15, 0.2) is 4.77 Å². The molecule has 1 aromatic rings. The minimum Gasteiger partial charge on any atom is -0.368 e. The van der Waals surface area contributed by atoms with E-state index in [9.17, 15) is 0 Å². The van der Waals surface area contributed by atoms with Crippen molar-refractivity contribution in [1.82, 2.24) is 19.7 Å². The predicted octanol–water partition coefficient (Wildman–Crippen LogP) is 1.01. The second-order valence-corrected chi connectivity index (χ2v) is 4.31. The summed E-state index contributed by atoms with van der Waals surface area (Å²) in [6, 6.07) is 0.557. The minimum absolute atomic E-state index is 0.489. The lowest BCUT2D eigenvalue weighted by molar-refractivity contribution is 0.244. The molecule has 0 aromatic carbocycles. The summed E-state index contributed by atoms with van der Waals surface area (Å²) < 4.78 is 2.50. The Bertz CT molecular complexity index is 382. The number of nitrogens with one attached hydrogen (secondary N) is 1. The van der Waals surface area contributed by atoms with Gasteiger partial charge in [0.25, 0.3) is 0 Å². The molecule has 0 spiro atoms. The number of H-pyrrole nitrogens is 1. The Morgan fingerprint density at radius 3 is 3.07 bits per heavy atom. The molecule has 3 N–H and O–H groups in total. The highest BCUT2D eigenvalue weighted by Gasteiger charge is 2.23. The first-order valence-electron chi connectivity index (χ1n) is 5.37. The molecular formula is C9H17N5S. The average Bonchev–Trinajstić information content (AvgIpc) is 2.79. The third kappa shape index (κ3) is 2.05. The monoisotopic (exact) mass is 227 g/mol. The largest absolute Gasteiger partial charge is 0.368 e. The van der Waals surface area contributed by atoms with E-state index >= 15 is 0 Å². The zero-order valence-corrected chi connectivity index (χ0v) is 9.76. The predicted molar refractivity (Wildman–Crippen MR) is 62.1 cm³/mol. The van der Waals surface area contributed by atoms with Crippen LogP contribution >= 0.6 is 12.2 Å². The molecule has 2 rings (SSSR count). The van der Waals surface area contributed by atoms with Crippen LogP contribution in [0.1, 0.15) is 19.8 Å². The molecule has 0 saturated carbocycles. The summed E-state index contributed by atoms with van der Waals surface area (Å²) in [6.45, 7) is 5.33. The molecule has 0 amide bonds. The lowest BCUT2D eigenvalue weighted by Crippen LogP contribution is -2.33. The standard InChI is InChI=1S/C9H17N5S/c1-2-13-5-3-4-7(13)6-14-8(10)11-12-9(14)15/h7H,2-6H2,1H3,(H2,10,11)(H,12,15). The normalized spacial score (nSPS) is 22.3. The van der Waals surface area contributed by atoms with Crippen molar-refractivity contribution in [3.63, 3.8) is 0 Å². The Balaban J connectivity index is 2.11. The Labute approximate surface area is 94.3 Å². The van der Waals surface area contributed by atoms with Crippen LogP contribution in [0.25, 0.3) is 0 Å². The van der Waals surface area contributed by atoms with Crippen molar-refractivity contribution in [3.8, 4) is 0 Å². The molecule has 5 nitrogen and oxygen atoms in total. The van der Waals surface area contributed by atoms with E-state index in [1.165, 1.54) is 19.4 Å². The Kier molecular flexibility index (Phi) is 3.06. The van der Waals surface area contributed by atoms with Crippen LogP contribution in [-0.4, -0.2) is 38.8 Å². The highest BCUT2D eigenvalue weighted by atomic mass is 32.1. The number of nitrogens with zero attached hydrogens (tertiary/aromatic N) is 3. The van der Waals surface area contributed by atoms with Crippen LogP contribution in [0.2, 0.25) is 0 Å². The fourth-order valence-corrected chi connectivity index (χ4v) is 2.45. The molecule has 0 aliphatic carbocycles. The summed E-state index contributed by atoms with van der Waals surface area (Å²) in [5.74, 6) is 0.489. The van der Waals surface area contributed by atoms with Gasteiger partial charge in [0.1, 0.15) is 0 Å². The summed E-state index contributed by atoms with van der Waals surface area (Å²) >= 11 is 5.13. The third-order valence-corrected chi connectivity index (χ3v) is 3.40. The first-order chi connectivity index (χ1) is 7.22. The smallest absolute Gasteiger partial charge is 0.220 e. The highest BCUT2D eigenvalue weighted by molar-refractivity contribution is 7.71. The van der Waals surface area contributed by atoms with Gasteiger partial charge in [-0.05, 0) is 38.1 Å². The van der Waals surface area contributed by atoms with E-state index in [0.29, 0.717) is 16.8 Å². The van der Waals surface area contributed by atoms with Crippen molar-refractivity contribution in [2.75, 3.05) is 18.8 Å². The minimum atomic E-state index is 0.489. The maximum Gasteiger partial charge on any atom is 0.220 e. The first-order valence-corrected chi connectivity index (χ1v) is 5.78. The first kappa shape index (κ1) is 10.6. The van der Waals surface area contributed by atoms with E-state index in [1.807, 2.05) is 4.57 Å². The van der Waals surface area contributed by atoms with Crippen molar-refractivity contribution >= 4 is 18.2 Å². The zero-order valence-electron chi connectivity index (χ0n) is 8.94. The molecule has 1 fully saturated rings. The van der Waals surface area contributed by atoms with E-state index in [-0.39, 0.29) is 0 Å². The Morgan fingerprint density at radius 2 is 2.47 bits per heavy atom. The summed E-state index contributed by atoms with van der Waals surface area (Å²) in [6.07, 6.45) is 2.49. The number of likely N-dealkylation sites (tertiary alicyclic amines) is 1. The van der Waals surface area contributed by atoms with Crippen LogP contribution in [0.3, 0.4) is 0 Å². The van der Waals surface area contributed by atoms with Crippen molar-refractivity contribution < 1.29 is 0 Å². The van der Waals surface area contributed by atoms with Crippen LogP contribution in [-0.2, 0) is 6.54 Å². The average molecular weight is 227 g/mol. The molecule has 1 aliphatic rings. The van der Waals surface area contributed by atoms with Crippen LogP contribution in [0, 0.1) is 4.77 Å². The van der Waals surface area contributed by atoms with Crippen LogP contribution in [0.15, 0.2) is 0 Å². The Morgan fingerprint density at radius 1 is 1.67 bits per heavy atom. The molecule has 1 aliphatic heterocycles. The van der Waals surface area contributed by atoms with Gasteiger partial charge in [-0.15, -0.1) is 5.10 Å². The number of aromatic nitrogens is 3. The van der Waals surface area contributed by atoms with Gasteiger partial charge in [-0.2, -0.15) is 0 Å². The summed E-state index contributed by atoms with van der Waals surface area (Å²) in [5, 5.41) is 6.63. The highest BCUT2D eigenvalue weighted by Crippen LogP contribution is 2.19. The number of hydrogen-bond donors (Lipinski definition) is 2. The van der Waals surface area contributed by atoms with Gasteiger partial charge in [0.2, 0.25) is 5.95 Å². The number of nitrogens with two attached hydrogens (primary N) is 1. The lowest BCUT2D eigenvalue weighted by atomic mass is 10.2. The van der Waals surface area contributed by atoms with Gasteiger partial charge in [0.05, 0.1) is 0 Å². The van der Waals surface area contributed by atoms with E-state index in [0.717, 1.165) is 13.1 Å². The summed E-state index contributed by atoms with van der Waals surface area (Å²) in [4.78, 5) is 2.47. The molecule has 6 heteroatoms. The van der Waals surface area contributed by atoms with E-state index < -0.39 is 0 Å². The molecule has 1 saturated heterocycles.